The maximum absolute atomic E-state index is 11.5. The lowest BCUT2D eigenvalue weighted by Crippen LogP contribution is -2.31. The first-order chi connectivity index (χ1) is 10.2. The normalized spacial score (nSPS) is 20.0. The molecule has 1 amide bonds. The van der Waals surface area contributed by atoms with Gasteiger partial charge in [0.1, 0.15) is 11.9 Å². The van der Waals surface area contributed by atoms with Crippen molar-refractivity contribution in [2.45, 2.75) is 51.2 Å². The van der Waals surface area contributed by atoms with Gasteiger partial charge >= 0.3 is 0 Å². The molecule has 0 saturated heterocycles. The van der Waals surface area contributed by atoms with Crippen LogP contribution >= 0.6 is 0 Å². The number of carbonyl (C=O) groups is 1. The van der Waals surface area contributed by atoms with Gasteiger partial charge in [0, 0.05) is 25.4 Å². The summed E-state index contributed by atoms with van der Waals surface area (Å²) in [6.07, 6.45) is 5.02. The van der Waals surface area contributed by atoms with E-state index in [9.17, 15) is 4.79 Å². The van der Waals surface area contributed by atoms with E-state index >= 15 is 0 Å². The second-order valence-corrected chi connectivity index (χ2v) is 6.20. The summed E-state index contributed by atoms with van der Waals surface area (Å²) in [6.45, 7) is 3.82. The minimum absolute atomic E-state index is 0.194. The van der Waals surface area contributed by atoms with Crippen LogP contribution in [0.2, 0.25) is 0 Å². The lowest BCUT2D eigenvalue weighted by atomic mass is 10.1. The standard InChI is InChI=1S/C17H24N2O2/c1-12-4-7-16-13(9-12)10-15(21-16)11-18-8-2-3-17(20)19-14-5-6-14/h4,7,9,14-15,18H,2-3,5-6,8,10-11H2,1H3,(H,19,20). The molecule has 1 aromatic carbocycles. The highest BCUT2D eigenvalue weighted by atomic mass is 16.5. The molecule has 114 valence electrons. The molecule has 1 heterocycles. The summed E-state index contributed by atoms with van der Waals surface area (Å²) in [4.78, 5) is 11.5. The van der Waals surface area contributed by atoms with Crippen LogP contribution in [0.25, 0.3) is 0 Å². The molecule has 4 heteroatoms. The molecule has 0 bridgehead atoms. The Bertz CT molecular complexity index is 512. The van der Waals surface area contributed by atoms with Crippen molar-refractivity contribution < 1.29 is 9.53 Å². The van der Waals surface area contributed by atoms with Gasteiger partial charge < -0.3 is 15.4 Å². The first-order valence-electron chi connectivity index (χ1n) is 7.97. The fourth-order valence-electron chi connectivity index (χ4n) is 2.73. The summed E-state index contributed by atoms with van der Waals surface area (Å²) in [5.41, 5.74) is 2.60. The van der Waals surface area contributed by atoms with Gasteiger partial charge in [-0.25, -0.2) is 0 Å². The molecule has 2 N–H and O–H groups in total. The van der Waals surface area contributed by atoms with Crippen molar-refractivity contribution in [1.82, 2.24) is 10.6 Å². The SMILES string of the molecule is Cc1ccc2c(c1)CC(CNCCCC(=O)NC1CC1)O2. The summed E-state index contributed by atoms with van der Waals surface area (Å²) < 4.78 is 5.91. The zero-order chi connectivity index (χ0) is 14.7. The molecule has 0 aromatic heterocycles. The number of rotatable bonds is 7. The van der Waals surface area contributed by atoms with E-state index in [0.717, 1.165) is 44.5 Å². The summed E-state index contributed by atoms with van der Waals surface area (Å²) in [5, 5.41) is 6.41. The molecule has 4 nitrogen and oxygen atoms in total. The first kappa shape index (κ1) is 14.4. The number of carbonyl (C=O) groups excluding carboxylic acids is 1. The smallest absolute Gasteiger partial charge is 0.220 e. The van der Waals surface area contributed by atoms with Crippen molar-refractivity contribution in [3.63, 3.8) is 0 Å². The van der Waals surface area contributed by atoms with Crippen molar-refractivity contribution in [3.8, 4) is 5.75 Å². The number of nitrogens with one attached hydrogen (secondary N) is 2. The van der Waals surface area contributed by atoms with Gasteiger partial charge in [-0.05, 0) is 44.4 Å². The Hall–Kier alpha value is -1.55. The van der Waals surface area contributed by atoms with Gasteiger partial charge in [-0.15, -0.1) is 0 Å². The van der Waals surface area contributed by atoms with Crippen LogP contribution in [-0.2, 0) is 11.2 Å². The van der Waals surface area contributed by atoms with E-state index in [-0.39, 0.29) is 12.0 Å². The van der Waals surface area contributed by atoms with Crippen LogP contribution in [0.1, 0.15) is 36.8 Å². The Labute approximate surface area is 126 Å². The van der Waals surface area contributed by atoms with E-state index in [0.29, 0.717) is 12.5 Å². The Morgan fingerprint density at radius 1 is 1.38 bits per heavy atom. The van der Waals surface area contributed by atoms with Crippen molar-refractivity contribution in [3.05, 3.63) is 29.3 Å². The third-order valence-electron chi connectivity index (χ3n) is 4.03. The van der Waals surface area contributed by atoms with Gasteiger partial charge in [-0.2, -0.15) is 0 Å². The zero-order valence-electron chi connectivity index (χ0n) is 12.7. The molecule has 1 unspecified atom stereocenters. The molecule has 3 rings (SSSR count). The van der Waals surface area contributed by atoms with E-state index in [1.807, 2.05) is 0 Å². The highest BCUT2D eigenvalue weighted by Crippen LogP contribution is 2.29. The number of benzene rings is 1. The average molecular weight is 288 g/mol. The summed E-state index contributed by atoms with van der Waals surface area (Å²) in [7, 11) is 0. The summed E-state index contributed by atoms with van der Waals surface area (Å²) in [6, 6.07) is 6.83. The molecule has 1 aromatic rings. The Morgan fingerprint density at radius 2 is 2.24 bits per heavy atom. The fourth-order valence-corrected chi connectivity index (χ4v) is 2.73. The quantitative estimate of drug-likeness (QED) is 0.754. The summed E-state index contributed by atoms with van der Waals surface area (Å²) >= 11 is 0. The van der Waals surface area contributed by atoms with Gasteiger partial charge in [0.25, 0.3) is 0 Å². The van der Waals surface area contributed by atoms with Crippen LogP contribution in [0.4, 0.5) is 0 Å². The minimum atomic E-state index is 0.194. The van der Waals surface area contributed by atoms with Gasteiger partial charge in [0.2, 0.25) is 5.91 Å². The maximum atomic E-state index is 11.5. The lowest BCUT2D eigenvalue weighted by molar-refractivity contribution is -0.121. The molecular weight excluding hydrogens is 264 g/mol. The van der Waals surface area contributed by atoms with E-state index in [1.54, 1.807) is 0 Å². The molecule has 1 aliphatic carbocycles. The zero-order valence-corrected chi connectivity index (χ0v) is 12.7. The second-order valence-electron chi connectivity index (χ2n) is 6.20. The molecule has 0 spiro atoms. The monoisotopic (exact) mass is 288 g/mol. The van der Waals surface area contributed by atoms with E-state index < -0.39 is 0 Å². The third kappa shape index (κ3) is 4.21. The number of ether oxygens (including phenoxy) is 1. The number of amides is 1. The van der Waals surface area contributed by atoms with Crippen LogP contribution in [0.3, 0.4) is 0 Å². The molecule has 1 atom stereocenters. The van der Waals surface area contributed by atoms with Crippen molar-refractivity contribution in [1.29, 1.82) is 0 Å². The maximum Gasteiger partial charge on any atom is 0.220 e. The van der Waals surface area contributed by atoms with Gasteiger partial charge in [-0.1, -0.05) is 17.7 Å². The average Bonchev–Trinajstić information content (AvgIpc) is 3.16. The van der Waals surface area contributed by atoms with Crippen molar-refractivity contribution in [2.24, 2.45) is 0 Å². The minimum Gasteiger partial charge on any atom is -0.488 e. The predicted octanol–water partition coefficient (Wildman–Crippen LogP) is 1.95. The van der Waals surface area contributed by atoms with Crippen LogP contribution in [-0.4, -0.2) is 31.1 Å². The second kappa shape index (κ2) is 6.48. The van der Waals surface area contributed by atoms with Gasteiger partial charge in [-0.3, -0.25) is 4.79 Å². The molecular formula is C17H24N2O2. The van der Waals surface area contributed by atoms with Crippen LogP contribution in [0.5, 0.6) is 5.75 Å². The molecule has 1 fully saturated rings. The Balaban J connectivity index is 1.29. The highest BCUT2D eigenvalue weighted by Gasteiger charge is 2.23. The largest absolute Gasteiger partial charge is 0.488 e. The van der Waals surface area contributed by atoms with Gasteiger partial charge in [0.05, 0.1) is 0 Å². The number of fused-ring (bicyclic) bond motifs is 1. The van der Waals surface area contributed by atoms with E-state index in [2.05, 4.69) is 35.8 Å². The van der Waals surface area contributed by atoms with Crippen LogP contribution < -0.4 is 15.4 Å². The molecule has 21 heavy (non-hydrogen) atoms. The molecule has 0 radical (unpaired) electrons. The molecule has 1 aliphatic heterocycles. The Morgan fingerprint density at radius 3 is 3.05 bits per heavy atom. The highest BCUT2D eigenvalue weighted by molar-refractivity contribution is 5.76. The van der Waals surface area contributed by atoms with E-state index in [1.165, 1.54) is 11.1 Å². The first-order valence-corrected chi connectivity index (χ1v) is 7.97. The van der Waals surface area contributed by atoms with Gasteiger partial charge in [0.15, 0.2) is 0 Å². The molecule has 2 aliphatic rings. The van der Waals surface area contributed by atoms with Crippen molar-refractivity contribution >= 4 is 5.91 Å². The lowest BCUT2D eigenvalue weighted by Gasteiger charge is -2.11. The molecule has 1 saturated carbocycles. The number of hydrogen-bond acceptors (Lipinski definition) is 3. The topological polar surface area (TPSA) is 50.4 Å². The summed E-state index contributed by atoms with van der Waals surface area (Å²) in [5.74, 6) is 1.22. The number of hydrogen-bond donors (Lipinski definition) is 2. The van der Waals surface area contributed by atoms with E-state index in [4.69, 9.17) is 4.74 Å². The third-order valence-corrected chi connectivity index (χ3v) is 4.03. The van der Waals surface area contributed by atoms with Crippen LogP contribution in [0.15, 0.2) is 18.2 Å². The van der Waals surface area contributed by atoms with Crippen molar-refractivity contribution in [2.75, 3.05) is 13.1 Å². The van der Waals surface area contributed by atoms with Crippen LogP contribution in [0, 0.1) is 6.92 Å². The Kier molecular flexibility index (Phi) is 4.44. The fraction of sp³-hybridized carbons (Fsp3) is 0.588. The predicted molar refractivity (Wildman–Crippen MR) is 82.6 cm³/mol. The number of aryl methyl sites for hydroxylation is 1.